The van der Waals surface area contributed by atoms with Gasteiger partial charge in [0, 0.05) is 12.6 Å². The Kier molecular flexibility index (Phi) is 6.26. The van der Waals surface area contributed by atoms with Crippen LogP contribution in [0.1, 0.15) is 42.6 Å². The Balaban J connectivity index is 2.33. The van der Waals surface area contributed by atoms with Gasteiger partial charge in [-0.3, -0.25) is 0 Å². The smallest absolute Gasteiger partial charge is 0.131 e. The van der Waals surface area contributed by atoms with Gasteiger partial charge in [0.15, 0.2) is 0 Å². The summed E-state index contributed by atoms with van der Waals surface area (Å²) < 4.78 is 0. The van der Waals surface area contributed by atoms with E-state index in [2.05, 4.69) is 29.0 Å². The van der Waals surface area contributed by atoms with Gasteiger partial charge < -0.3 is 5.32 Å². The molecule has 0 aliphatic rings. The van der Waals surface area contributed by atoms with Gasteiger partial charge in [-0.05, 0) is 26.2 Å². The van der Waals surface area contributed by atoms with Crippen LogP contribution in [0.4, 0.5) is 0 Å². The van der Waals surface area contributed by atoms with E-state index in [-0.39, 0.29) is 0 Å². The monoisotopic (exact) mass is 239 g/mol. The number of hydrogen-bond donors (Lipinski definition) is 1. The van der Waals surface area contributed by atoms with E-state index in [1.54, 1.807) is 11.3 Å². The molecule has 0 saturated carbocycles. The minimum atomic E-state index is 0.576. The van der Waals surface area contributed by atoms with Crippen molar-refractivity contribution in [3.63, 3.8) is 0 Å². The molecule has 0 aromatic carbocycles. The second-order valence-electron chi connectivity index (χ2n) is 3.95. The summed E-state index contributed by atoms with van der Waals surface area (Å²) in [5.41, 5.74) is 0. The van der Waals surface area contributed by atoms with Gasteiger partial charge in [0.05, 0.1) is 0 Å². The number of aryl methyl sites for hydroxylation is 1. The summed E-state index contributed by atoms with van der Waals surface area (Å²) in [6.45, 7) is 8.82. The van der Waals surface area contributed by atoms with Crippen molar-refractivity contribution >= 4 is 11.3 Å². The standard InChI is InChI=1S/C12H21N3S/c1-4-6-8-11(7-5-2)13-9-12-15-14-10(3)16-12/h4,11,13H,1,5-9H2,2-3H3. The molecular weight excluding hydrogens is 218 g/mol. The first kappa shape index (κ1) is 13.3. The molecule has 0 aliphatic heterocycles. The van der Waals surface area contributed by atoms with E-state index >= 15 is 0 Å². The van der Waals surface area contributed by atoms with Gasteiger partial charge in [0.25, 0.3) is 0 Å². The van der Waals surface area contributed by atoms with Gasteiger partial charge in [-0.2, -0.15) is 0 Å². The van der Waals surface area contributed by atoms with Crippen molar-refractivity contribution in [2.24, 2.45) is 0 Å². The average Bonchev–Trinajstić information content (AvgIpc) is 2.68. The lowest BCUT2D eigenvalue weighted by molar-refractivity contribution is 0.449. The van der Waals surface area contributed by atoms with E-state index in [1.807, 2.05) is 13.0 Å². The van der Waals surface area contributed by atoms with Gasteiger partial charge >= 0.3 is 0 Å². The zero-order valence-electron chi connectivity index (χ0n) is 10.2. The van der Waals surface area contributed by atoms with Crippen LogP contribution in [0, 0.1) is 6.92 Å². The highest BCUT2D eigenvalue weighted by molar-refractivity contribution is 7.11. The summed E-state index contributed by atoms with van der Waals surface area (Å²) in [7, 11) is 0. The fraction of sp³-hybridized carbons (Fsp3) is 0.667. The molecule has 3 nitrogen and oxygen atoms in total. The Labute approximate surface area is 102 Å². The van der Waals surface area contributed by atoms with Crippen molar-refractivity contribution in [1.82, 2.24) is 15.5 Å². The summed E-state index contributed by atoms with van der Waals surface area (Å²) in [5, 5.41) is 13.8. The Morgan fingerprint density at radius 1 is 1.44 bits per heavy atom. The quantitative estimate of drug-likeness (QED) is 0.708. The zero-order valence-corrected chi connectivity index (χ0v) is 11.0. The van der Waals surface area contributed by atoms with Crippen molar-refractivity contribution < 1.29 is 0 Å². The molecule has 0 spiro atoms. The van der Waals surface area contributed by atoms with Crippen LogP contribution in [0.15, 0.2) is 12.7 Å². The third-order valence-electron chi connectivity index (χ3n) is 2.47. The van der Waals surface area contributed by atoms with Crippen molar-refractivity contribution in [1.29, 1.82) is 0 Å². The number of allylic oxidation sites excluding steroid dienone is 1. The zero-order chi connectivity index (χ0) is 11.8. The molecule has 0 bridgehead atoms. The van der Waals surface area contributed by atoms with Crippen LogP contribution in [0.25, 0.3) is 0 Å². The molecule has 1 unspecified atom stereocenters. The number of aromatic nitrogens is 2. The van der Waals surface area contributed by atoms with E-state index in [0.29, 0.717) is 6.04 Å². The van der Waals surface area contributed by atoms with Crippen LogP contribution >= 0.6 is 11.3 Å². The molecule has 1 aromatic heterocycles. The van der Waals surface area contributed by atoms with Crippen molar-refractivity contribution in [2.75, 3.05) is 0 Å². The molecule has 1 N–H and O–H groups in total. The lowest BCUT2D eigenvalue weighted by Gasteiger charge is -2.16. The summed E-state index contributed by atoms with van der Waals surface area (Å²) in [6, 6.07) is 0.576. The van der Waals surface area contributed by atoms with Gasteiger partial charge in [-0.25, -0.2) is 0 Å². The minimum Gasteiger partial charge on any atom is -0.308 e. The molecule has 0 amide bonds. The maximum Gasteiger partial charge on any atom is 0.131 e. The second-order valence-corrected chi connectivity index (χ2v) is 5.21. The number of nitrogens with one attached hydrogen (secondary N) is 1. The predicted molar refractivity (Wildman–Crippen MR) is 69.6 cm³/mol. The highest BCUT2D eigenvalue weighted by Gasteiger charge is 2.07. The molecule has 0 radical (unpaired) electrons. The molecule has 90 valence electrons. The van der Waals surface area contributed by atoms with Crippen molar-refractivity contribution in [3.8, 4) is 0 Å². The summed E-state index contributed by atoms with van der Waals surface area (Å²) in [4.78, 5) is 0. The van der Waals surface area contributed by atoms with E-state index in [1.165, 1.54) is 12.8 Å². The van der Waals surface area contributed by atoms with Crippen LogP contribution in [-0.4, -0.2) is 16.2 Å². The molecule has 1 atom stereocenters. The van der Waals surface area contributed by atoms with Gasteiger partial charge in [0.2, 0.25) is 0 Å². The van der Waals surface area contributed by atoms with E-state index < -0.39 is 0 Å². The second kappa shape index (κ2) is 7.52. The van der Waals surface area contributed by atoms with Crippen LogP contribution in [0.5, 0.6) is 0 Å². The first-order valence-electron chi connectivity index (χ1n) is 5.89. The fourth-order valence-electron chi connectivity index (χ4n) is 1.66. The van der Waals surface area contributed by atoms with Gasteiger partial charge in [0.1, 0.15) is 10.0 Å². The molecule has 1 aromatic rings. The highest BCUT2D eigenvalue weighted by Crippen LogP contribution is 2.10. The highest BCUT2D eigenvalue weighted by atomic mass is 32.1. The predicted octanol–water partition coefficient (Wildman–Crippen LogP) is 3.07. The summed E-state index contributed by atoms with van der Waals surface area (Å²) >= 11 is 1.67. The van der Waals surface area contributed by atoms with Crippen LogP contribution in [0.2, 0.25) is 0 Å². The van der Waals surface area contributed by atoms with Crippen LogP contribution < -0.4 is 5.32 Å². The average molecular weight is 239 g/mol. The molecular formula is C12H21N3S. The fourth-order valence-corrected chi connectivity index (χ4v) is 2.32. The first-order valence-corrected chi connectivity index (χ1v) is 6.71. The lowest BCUT2D eigenvalue weighted by atomic mass is 10.1. The Morgan fingerprint density at radius 2 is 2.25 bits per heavy atom. The lowest BCUT2D eigenvalue weighted by Crippen LogP contribution is -2.28. The maximum absolute atomic E-state index is 4.11. The SMILES string of the molecule is C=CCCC(CCC)NCc1nnc(C)s1. The molecule has 1 heterocycles. The topological polar surface area (TPSA) is 37.8 Å². The number of rotatable bonds is 8. The van der Waals surface area contributed by atoms with Crippen molar-refractivity contribution in [2.45, 2.75) is 52.1 Å². The van der Waals surface area contributed by atoms with E-state index in [9.17, 15) is 0 Å². The van der Waals surface area contributed by atoms with Crippen LogP contribution in [0.3, 0.4) is 0 Å². The van der Waals surface area contributed by atoms with Gasteiger partial charge in [-0.1, -0.05) is 19.4 Å². The Bertz CT molecular complexity index is 309. The maximum atomic E-state index is 4.11. The summed E-state index contributed by atoms with van der Waals surface area (Å²) in [5.74, 6) is 0. The third-order valence-corrected chi connectivity index (χ3v) is 3.30. The number of hydrogen-bond acceptors (Lipinski definition) is 4. The molecule has 0 aliphatic carbocycles. The van der Waals surface area contributed by atoms with E-state index in [0.717, 1.165) is 29.4 Å². The van der Waals surface area contributed by atoms with Crippen molar-refractivity contribution in [3.05, 3.63) is 22.7 Å². The summed E-state index contributed by atoms with van der Waals surface area (Å²) in [6.07, 6.45) is 6.65. The first-order chi connectivity index (χ1) is 7.76. The van der Waals surface area contributed by atoms with E-state index in [4.69, 9.17) is 0 Å². The Hall–Kier alpha value is -0.740. The molecule has 0 fully saturated rings. The normalized spacial score (nSPS) is 12.6. The molecule has 16 heavy (non-hydrogen) atoms. The largest absolute Gasteiger partial charge is 0.308 e. The van der Waals surface area contributed by atoms with Gasteiger partial charge in [-0.15, -0.1) is 28.1 Å². The minimum absolute atomic E-state index is 0.576. The molecule has 1 rings (SSSR count). The molecule has 0 saturated heterocycles. The third kappa shape index (κ3) is 4.86. The number of nitrogens with zero attached hydrogens (tertiary/aromatic N) is 2. The van der Waals surface area contributed by atoms with Crippen LogP contribution in [-0.2, 0) is 6.54 Å². The molecule has 4 heteroatoms. The Morgan fingerprint density at radius 3 is 2.81 bits per heavy atom.